The number of benzene rings is 1. The Morgan fingerprint density at radius 3 is 2.89 bits per heavy atom. The van der Waals surface area contributed by atoms with Crippen molar-refractivity contribution in [2.24, 2.45) is 5.92 Å². The third kappa shape index (κ3) is 2.90. The molecule has 1 fully saturated rings. The quantitative estimate of drug-likeness (QED) is 0.832. The molecule has 0 aromatic heterocycles. The first-order valence-electron chi connectivity index (χ1n) is 6.61. The molecular formula is C14H18ClNO2. The molecule has 0 saturated heterocycles. The van der Waals surface area contributed by atoms with E-state index in [0.29, 0.717) is 24.0 Å². The summed E-state index contributed by atoms with van der Waals surface area (Å²) in [4.78, 5) is 0. The summed E-state index contributed by atoms with van der Waals surface area (Å²) in [5.74, 6) is 2.40. The molecule has 0 unspecified atom stereocenters. The minimum Gasteiger partial charge on any atom is -0.486 e. The zero-order chi connectivity index (χ0) is 12.4. The lowest BCUT2D eigenvalue weighted by molar-refractivity contribution is 0.171. The van der Waals surface area contributed by atoms with E-state index in [-0.39, 0.29) is 0 Å². The molecule has 1 N–H and O–H groups in total. The van der Waals surface area contributed by atoms with Gasteiger partial charge in [0.2, 0.25) is 0 Å². The summed E-state index contributed by atoms with van der Waals surface area (Å²) in [6, 6.07) is 4.02. The smallest absolute Gasteiger partial charge is 0.179 e. The average molecular weight is 268 g/mol. The first-order chi connectivity index (χ1) is 8.83. The van der Waals surface area contributed by atoms with Crippen LogP contribution in [-0.2, 0) is 6.42 Å². The summed E-state index contributed by atoms with van der Waals surface area (Å²) in [6.07, 6.45) is 3.76. The van der Waals surface area contributed by atoms with Gasteiger partial charge in [0.25, 0.3) is 0 Å². The standard InChI is InChI=1S/C14H18ClNO2/c15-12-7-11(3-4-16-9-10-1-2-10)8-13-14(12)18-6-5-17-13/h7-8,10,16H,1-6,9H2. The minimum atomic E-state index is 0.578. The number of rotatable bonds is 5. The van der Waals surface area contributed by atoms with E-state index >= 15 is 0 Å². The predicted octanol–water partition coefficient (Wildman–Crippen LogP) is 2.65. The van der Waals surface area contributed by atoms with Gasteiger partial charge in [-0.2, -0.15) is 0 Å². The summed E-state index contributed by atoms with van der Waals surface area (Å²) in [5.41, 5.74) is 1.20. The molecule has 1 aromatic rings. The Labute approximate surface area is 112 Å². The number of halogens is 1. The second-order valence-corrected chi connectivity index (χ2v) is 5.41. The highest BCUT2D eigenvalue weighted by molar-refractivity contribution is 6.32. The second-order valence-electron chi connectivity index (χ2n) is 5.00. The molecule has 18 heavy (non-hydrogen) atoms. The van der Waals surface area contributed by atoms with Crippen molar-refractivity contribution in [3.8, 4) is 11.5 Å². The number of fused-ring (bicyclic) bond motifs is 1. The van der Waals surface area contributed by atoms with Gasteiger partial charge < -0.3 is 14.8 Å². The number of hydrogen-bond acceptors (Lipinski definition) is 3. The van der Waals surface area contributed by atoms with Gasteiger partial charge in [-0.3, -0.25) is 0 Å². The van der Waals surface area contributed by atoms with E-state index in [0.717, 1.165) is 31.2 Å². The van der Waals surface area contributed by atoms with E-state index in [1.54, 1.807) is 0 Å². The molecule has 0 spiro atoms. The van der Waals surface area contributed by atoms with E-state index in [1.165, 1.54) is 18.4 Å². The number of hydrogen-bond donors (Lipinski definition) is 1. The lowest BCUT2D eigenvalue weighted by atomic mass is 10.1. The van der Waals surface area contributed by atoms with Crippen LogP contribution in [0.3, 0.4) is 0 Å². The van der Waals surface area contributed by atoms with E-state index in [4.69, 9.17) is 21.1 Å². The van der Waals surface area contributed by atoms with Crippen molar-refractivity contribution in [2.45, 2.75) is 19.3 Å². The van der Waals surface area contributed by atoms with Crippen molar-refractivity contribution < 1.29 is 9.47 Å². The van der Waals surface area contributed by atoms with E-state index in [1.807, 2.05) is 12.1 Å². The molecule has 1 aliphatic heterocycles. The highest BCUT2D eigenvalue weighted by Gasteiger charge is 2.20. The molecule has 98 valence electrons. The van der Waals surface area contributed by atoms with Crippen LogP contribution in [0.4, 0.5) is 0 Å². The maximum atomic E-state index is 6.20. The third-order valence-electron chi connectivity index (χ3n) is 3.38. The molecule has 1 aliphatic carbocycles. The van der Waals surface area contributed by atoms with Crippen LogP contribution >= 0.6 is 11.6 Å². The Morgan fingerprint density at radius 2 is 2.06 bits per heavy atom. The van der Waals surface area contributed by atoms with Gasteiger partial charge >= 0.3 is 0 Å². The molecule has 1 heterocycles. The summed E-state index contributed by atoms with van der Waals surface area (Å²) < 4.78 is 11.1. The molecule has 0 bridgehead atoms. The van der Waals surface area contributed by atoms with Crippen LogP contribution in [0.25, 0.3) is 0 Å². The molecule has 0 amide bonds. The first kappa shape index (κ1) is 12.1. The van der Waals surface area contributed by atoms with Crippen LogP contribution in [0.2, 0.25) is 5.02 Å². The van der Waals surface area contributed by atoms with Gasteiger partial charge in [0.15, 0.2) is 11.5 Å². The Bertz CT molecular complexity index is 432. The van der Waals surface area contributed by atoms with Gasteiger partial charge in [-0.25, -0.2) is 0 Å². The summed E-state index contributed by atoms with van der Waals surface area (Å²) in [5, 5.41) is 4.14. The molecule has 1 aromatic carbocycles. The van der Waals surface area contributed by atoms with Crippen LogP contribution in [0.15, 0.2) is 12.1 Å². The van der Waals surface area contributed by atoms with Crippen molar-refractivity contribution in [2.75, 3.05) is 26.3 Å². The van der Waals surface area contributed by atoms with Crippen LogP contribution < -0.4 is 14.8 Å². The monoisotopic (exact) mass is 267 g/mol. The molecule has 1 saturated carbocycles. The molecule has 0 atom stereocenters. The molecule has 3 rings (SSSR count). The normalized spacial score (nSPS) is 17.8. The predicted molar refractivity (Wildman–Crippen MR) is 71.7 cm³/mol. The van der Waals surface area contributed by atoms with Gasteiger partial charge in [0.05, 0.1) is 5.02 Å². The van der Waals surface area contributed by atoms with E-state index in [9.17, 15) is 0 Å². The molecule has 0 radical (unpaired) electrons. The van der Waals surface area contributed by atoms with Gasteiger partial charge in [0, 0.05) is 0 Å². The van der Waals surface area contributed by atoms with Crippen LogP contribution in [0.1, 0.15) is 18.4 Å². The van der Waals surface area contributed by atoms with Crippen LogP contribution in [-0.4, -0.2) is 26.3 Å². The Hall–Kier alpha value is -0.930. The fraction of sp³-hybridized carbons (Fsp3) is 0.571. The van der Waals surface area contributed by atoms with Crippen LogP contribution in [0.5, 0.6) is 11.5 Å². The van der Waals surface area contributed by atoms with Crippen LogP contribution in [0, 0.1) is 5.92 Å². The van der Waals surface area contributed by atoms with Crippen molar-refractivity contribution in [1.29, 1.82) is 0 Å². The van der Waals surface area contributed by atoms with Crippen molar-refractivity contribution in [3.63, 3.8) is 0 Å². The van der Waals surface area contributed by atoms with Crippen molar-refractivity contribution in [3.05, 3.63) is 22.7 Å². The maximum Gasteiger partial charge on any atom is 0.179 e. The Balaban J connectivity index is 1.59. The topological polar surface area (TPSA) is 30.5 Å². The highest BCUT2D eigenvalue weighted by atomic mass is 35.5. The van der Waals surface area contributed by atoms with Gasteiger partial charge in [-0.1, -0.05) is 11.6 Å². The van der Waals surface area contributed by atoms with Gasteiger partial charge in [-0.05, 0) is 56.0 Å². The molecule has 4 heteroatoms. The second kappa shape index (κ2) is 5.37. The lowest BCUT2D eigenvalue weighted by Gasteiger charge is -2.20. The number of ether oxygens (including phenoxy) is 2. The van der Waals surface area contributed by atoms with E-state index in [2.05, 4.69) is 5.32 Å². The highest BCUT2D eigenvalue weighted by Crippen LogP contribution is 2.38. The Kier molecular flexibility index (Phi) is 3.62. The maximum absolute atomic E-state index is 6.20. The molecule has 2 aliphatic rings. The lowest BCUT2D eigenvalue weighted by Crippen LogP contribution is -2.20. The fourth-order valence-electron chi connectivity index (χ4n) is 2.17. The first-order valence-corrected chi connectivity index (χ1v) is 6.99. The summed E-state index contributed by atoms with van der Waals surface area (Å²) >= 11 is 6.20. The fourth-order valence-corrected chi connectivity index (χ4v) is 2.46. The zero-order valence-corrected chi connectivity index (χ0v) is 11.1. The molecule has 3 nitrogen and oxygen atoms in total. The van der Waals surface area contributed by atoms with Gasteiger partial charge in [-0.15, -0.1) is 0 Å². The SMILES string of the molecule is Clc1cc(CCNCC2CC2)cc2c1OCCO2. The largest absolute Gasteiger partial charge is 0.486 e. The average Bonchev–Trinajstić information content (AvgIpc) is 3.19. The molecular weight excluding hydrogens is 250 g/mol. The number of nitrogens with one attached hydrogen (secondary N) is 1. The zero-order valence-electron chi connectivity index (χ0n) is 10.4. The van der Waals surface area contributed by atoms with Gasteiger partial charge in [0.1, 0.15) is 13.2 Å². The summed E-state index contributed by atoms with van der Waals surface area (Å²) in [6.45, 7) is 3.33. The third-order valence-corrected chi connectivity index (χ3v) is 3.66. The van der Waals surface area contributed by atoms with Crippen molar-refractivity contribution in [1.82, 2.24) is 5.32 Å². The Morgan fingerprint density at radius 1 is 1.22 bits per heavy atom. The summed E-state index contributed by atoms with van der Waals surface area (Å²) in [7, 11) is 0. The minimum absolute atomic E-state index is 0.578. The van der Waals surface area contributed by atoms with E-state index < -0.39 is 0 Å². The van der Waals surface area contributed by atoms with Crippen molar-refractivity contribution >= 4 is 11.6 Å².